The van der Waals surface area contributed by atoms with Crippen molar-refractivity contribution in [2.45, 2.75) is 31.8 Å². The fourth-order valence-corrected chi connectivity index (χ4v) is 4.64. The van der Waals surface area contributed by atoms with Crippen LogP contribution in [0.5, 0.6) is 0 Å². The van der Waals surface area contributed by atoms with Gasteiger partial charge in [-0.2, -0.15) is 0 Å². The van der Waals surface area contributed by atoms with Gasteiger partial charge in [0.05, 0.1) is 6.26 Å². The van der Waals surface area contributed by atoms with Crippen molar-refractivity contribution in [3.63, 3.8) is 0 Å². The molecule has 1 saturated heterocycles. The Morgan fingerprint density at radius 2 is 1.97 bits per heavy atom. The monoisotopic (exact) mass is 416 g/mol. The summed E-state index contributed by atoms with van der Waals surface area (Å²) in [6.45, 7) is 3.89. The van der Waals surface area contributed by atoms with E-state index in [0.717, 1.165) is 5.56 Å². The molecule has 2 amide bonds. The molecule has 1 aliphatic heterocycles. The van der Waals surface area contributed by atoms with Crippen molar-refractivity contribution in [3.05, 3.63) is 60.1 Å². The Balaban J connectivity index is 1.59. The third-order valence-corrected chi connectivity index (χ3v) is 5.99. The quantitative estimate of drug-likeness (QED) is 0.646. The third kappa shape index (κ3) is 5.00. The van der Waals surface area contributed by atoms with E-state index in [1.54, 1.807) is 17.0 Å². The van der Waals surface area contributed by atoms with Gasteiger partial charge in [0.2, 0.25) is 5.91 Å². The molecule has 2 aromatic rings. The summed E-state index contributed by atoms with van der Waals surface area (Å²) in [6.07, 6.45) is 1.53. The topological polar surface area (TPSA) is 80.1 Å². The van der Waals surface area contributed by atoms with Gasteiger partial charge >= 0.3 is 5.97 Å². The molecule has 29 heavy (non-hydrogen) atoms. The van der Waals surface area contributed by atoms with E-state index in [1.165, 1.54) is 29.8 Å². The van der Waals surface area contributed by atoms with Crippen LogP contribution in [-0.4, -0.2) is 52.5 Å². The number of carbonyl (C=O) groups excluding carboxylic acids is 3. The summed E-state index contributed by atoms with van der Waals surface area (Å²) in [5.74, 6) is -0.0989. The first-order chi connectivity index (χ1) is 14.0. The van der Waals surface area contributed by atoms with E-state index in [4.69, 9.17) is 9.15 Å². The van der Waals surface area contributed by atoms with E-state index in [1.807, 2.05) is 37.3 Å². The van der Waals surface area contributed by atoms with Gasteiger partial charge in [0.15, 0.2) is 6.61 Å². The average molecular weight is 416 g/mol. The first kappa shape index (κ1) is 21.0. The van der Waals surface area contributed by atoms with Gasteiger partial charge in [-0.1, -0.05) is 30.3 Å². The Morgan fingerprint density at radius 3 is 2.59 bits per heavy atom. The van der Waals surface area contributed by atoms with Gasteiger partial charge < -0.3 is 19.0 Å². The van der Waals surface area contributed by atoms with E-state index in [-0.39, 0.29) is 23.8 Å². The maximum atomic E-state index is 12.6. The van der Waals surface area contributed by atoms with Crippen LogP contribution >= 0.6 is 11.8 Å². The van der Waals surface area contributed by atoms with E-state index in [0.29, 0.717) is 24.6 Å². The smallest absolute Gasteiger partial charge is 0.330 e. The Bertz CT molecular complexity index is 840. The molecule has 0 N–H and O–H groups in total. The SMILES string of the molecule is CCN(Cc1ccccc1)C(=O)COC(=O)[C@H]1CS[C@@H](c2ccco2)N1C(C)=O. The first-order valence-electron chi connectivity index (χ1n) is 9.43. The average Bonchev–Trinajstić information content (AvgIpc) is 3.40. The summed E-state index contributed by atoms with van der Waals surface area (Å²) in [5, 5.41) is -0.374. The van der Waals surface area contributed by atoms with Gasteiger partial charge in [-0.15, -0.1) is 11.8 Å². The van der Waals surface area contributed by atoms with Crippen molar-refractivity contribution in [2.75, 3.05) is 18.9 Å². The summed E-state index contributed by atoms with van der Waals surface area (Å²) >= 11 is 1.43. The standard InChI is InChI=1S/C21H24N2O5S/c1-3-22(12-16-8-5-4-6-9-16)19(25)13-28-21(26)17-14-29-20(23(17)15(2)24)18-10-7-11-27-18/h4-11,17,20H,3,12-14H2,1-2H3/t17-,20+/m1/s1. The van der Waals surface area contributed by atoms with Crippen LogP contribution < -0.4 is 0 Å². The molecule has 0 bridgehead atoms. The Hall–Kier alpha value is -2.74. The number of hydrogen-bond acceptors (Lipinski definition) is 6. The maximum Gasteiger partial charge on any atom is 0.330 e. The Labute approximate surface area is 174 Å². The second-order valence-corrected chi connectivity index (χ2v) is 7.76. The van der Waals surface area contributed by atoms with Crippen LogP contribution in [-0.2, 0) is 25.7 Å². The molecule has 1 aromatic heterocycles. The van der Waals surface area contributed by atoms with E-state index < -0.39 is 12.0 Å². The van der Waals surface area contributed by atoms with Crippen molar-refractivity contribution < 1.29 is 23.5 Å². The summed E-state index contributed by atoms with van der Waals surface area (Å²) in [5.41, 5.74) is 1.00. The Morgan fingerprint density at radius 1 is 1.21 bits per heavy atom. The number of rotatable bonds is 7. The summed E-state index contributed by atoms with van der Waals surface area (Å²) in [6, 6.07) is 12.4. The summed E-state index contributed by atoms with van der Waals surface area (Å²) < 4.78 is 10.7. The summed E-state index contributed by atoms with van der Waals surface area (Å²) in [4.78, 5) is 40.4. The highest BCUT2D eigenvalue weighted by atomic mass is 32.2. The molecule has 1 fully saturated rings. The van der Waals surface area contributed by atoms with Gasteiger partial charge in [-0.3, -0.25) is 9.59 Å². The lowest BCUT2D eigenvalue weighted by Crippen LogP contribution is -2.44. The number of furan rings is 1. The van der Waals surface area contributed by atoms with Gasteiger partial charge in [0.25, 0.3) is 5.91 Å². The first-order valence-corrected chi connectivity index (χ1v) is 10.5. The van der Waals surface area contributed by atoms with E-state index in [9.17, 15) is 14.4 Å². The summed E-state index contributed by atoms with van der Waals surface area (Å²) in [7, 11) is 0. The van der Waals surface area contributed by atoms with Crippen molar-refractivity contribution >= 4 is 29.5 Å². The highest BCUT2D eigenvalue weighted by Crippen LogP contribution is 2.41. The molecule has 0 radical (unpaired) electrons. The lowest BCUT2D eigenvalue weighted by atomic mass is 10.2. The highest BCUT2D eigenvalue weighted by Gasteiger charge is 2.43. The van der Waals surface area contributed by atoms with Crippen molar-refractivity contribution in [1.82, 2.24) is 9.80 Å². The van der Waals surface area contributed by atoms with Crippen LogP contribution in [0.4, 0.5) is 0 Å². The molecule has 0 saturated carbocycles. The molecule has 1 aromatic carbocycles. The van der Waals surface area contributed by atoms with Crippen LogP contribution in [0.15, 0.2) is 53.1 Å². The molecule has 2 heterocycles. The van der Waals surface area contributed by atoms with Crippen molar-refractivity contribution in [1.29, 1.82) is 0 Å². The molecular formula is C21H24N2O5S. The van der Waals surface area contributed by atoms with Crippen molar-refractivity contribution in [2.24, 2.45) is 0 Å². The predicted molar refractivity (Wildman–Crippen MR) is 109 cm³/mol. The molecule has 0 aliphatic carbocycles. The normalized spacial score (nSPS) is 18.5. The lowest BCUT2D eigenvalue weighted by Gasteiger charge is -2.26. The molecule has 0 spiro atoms. The third-order valence-electron chi connectivity index (χ3n) is 4.71. The highest BCUT2D eigenvalue weighted by molar-refractivity contribution is 7.99. The molecule has 8 heteroatoms. The van der Waals surface area contributed by atoms with Crippen LogP contribution in [0.25, 0.3) is 0 Å². The lowest BCUT2D eigenvalue weighted by molar-refractivity contribution is -0.158. The molecule has 2 atom stereocenters. The Kier molecular flexibility index (Phi) is 6.98. The molecule has 7 nitrogen and oxygen atoms in total. The van der Waals surface area contributed by atoms with E-state index in [2.05, 4.69) is 0 Å². The minimum atomic E-state index is -0.746. The molecule has 1 aliphatic rings. The number of benzene rings is 1. The zero-order chi connectivity index (χ0) is 20.8. The second-order valence-electron chi connectivity index (χ2n) is 6.64. The van der Waals surface area contributed by atoms with Crippen LogP contribution in [0.3, 0.4) is 0 Å². The number of carbonyl (C=O) groups is 3. The predicted octanol–water partition coefficient (Wildman–Crippen LogP) is 2.83. The van der Waals surface area contributed by atoms with Gasteiger partial charge in [-0.05, 0) is 24.6 Å². The molecule has 154 valence electrons. The molecular weight excluding hydrogens is 392 g/mol. The number of thioether (sulfide) groups is 1. The van der Waals surface area contributed by atoms with Crippen LogP contribution in [0.2, 0.25) is 0 Å². The minimum Gasteiger partial charge on any atom is -0.466 e. The van der Waals surface area contributed by atoms with Crippen molar-refractivity contribution in [3.8, 4) is 0 Å². The number of esters is 1. The number of hydrogen-bond donors (Lipinski definition) is 0. The number of amides is 2. The maximum absolute atomic E-state index is 12.6. The number of ether oxygens (including phenoxy) is 1. The molecule has 3 rings (SSSR count). The van der Waals surface area contributed by atoms with Crippen LogP contribution in [0, 0.1) is 0 Å². The largest absolute Gasteiger partial charge is 0.466 e. The fraction of sp³-hybridized carbons (Fsp3) is 0.381. The molecule has 0 unspecified atom stereocenters. The fourth-order valence-electron chi connectivity index (χ4n) is 3.22. The van der Waals surface area contributed by atoms with E-state index >= 15 is 0 Å². The van der Waals surface area contributed by atoms with Crippen LogP contribution in [0.1, 0.15) is 30.5 Å². The minimum absolute atomic E-state index is 0.246. The van der Waals surface area contributed by atoms with Gasteiger partial charge in [0.1, 0.15) is 17.2 Å². The number of likely N-dealkylation sites (N-methyl/N-ethyl adjacent to an activating group) is 1. The second kappa shape index (κ2) is 9.65. The zero-order valence-electron chi connectivity index (χ0n) is 16.4. The zero-order valence-corrected chi connectivity index (χ0v) is 17.3. The van der Waals surface area contributed by atoms with Gasteiger partial charge in [0, 0.05) is 25.8 Å². The van der Waals surface area contributed by atoms with Gasteiger partial charge in [-0.25, -0.2) is 4.79 Å². The number of nitrogens with zero attached hydrogens (tertiary/aromatic N) is 2.